The van der Waals surface area contributed by atoms with E-state index in [1.807, 2.05) is 0 Å². The number of hydrogen-bond donors (Lipinski definition) is 2. The number of halogens is 2. The quantitative estimate of drug-likeness (QED) is 0.220. The van der Waals surface area contributed by atoms with Gasteiger partial charge >= 0.3 is 5.97 Å². The van der Waals surface area contributed by atoms with Crippen molar-refractivity contribution in [2.75, 3.05) is 13.2 Å². The van der Waals surface area contributed by atoms with Crippen LogP contribution in [0.25, 0.3) is 11.1 Å². The van der Waals surface area contributed by atoms with Gasteiger partial charge in [-0.2, -0.15) is 0 Å². The highest BCUT2D eigenvalue weighted by Crippen LogP contribution is 2.39. The number of carbonyl (C=O) groups is 2. The van der Waals surface area contributed by atoms with Gasteiger partial charge < -0.3 is 15.2 Å². The maximum atomic E-state index is 14.5. The second-order valence-corrected chi connectivity index (χ2v) is 9.29. The first-order valence-corrected chi connectivity index (χ1v) is 12.9. The molecule has 34 heavy (non-hydrogen) atoms. The van der Waals surface area contributed by atoms with Gasteiger partial charge in [0.25, 0.3) is 5.91 Å². The number of amides is 1. The van der Waals surface area contributed by atoms with E-state index in [0.29, 0.717) is 22.1 Å². The number of aliphatic carboxylic acids is 1. The average Bonchev–Trinajstić information content (AvgIpc) is 2.81. The minimum atomic E-state index is -1.15. The predicted molar refractivity (Wildman–Crippen MR) is 137 cm³/mol. The van der Waals surface area contributed by atoms with Crippen LogP contribution in [-0.2, 0) is 4.79 Å². The maximum absolute atomic E-state index is 14.5. The van der Waals surface area contributed by atoms with Crippen LogP contribution in [-0.4, -0.2) is 30.1 Å². The lowest BCUT2D eigenvalue weighted by Crippen LogP contribution is -2.24. The molecule has 5 nitrogen and oxygen atoms in total. The van der Waals surface area contributed by atoms with E-state index in [-0.39, 0.29) is 17.2 Å². The molecule has 7 heteroatoms. The Morgan fingerprint density at radius 3 is 2.18 bits per heavy atom. The van der Waals surface area contributed by atoms with Crippen LogP contribution in [0.5, 0.6) is 5.75 Å². The van der Waals surface area contributed by atoms with Gasteiger partial charge in [0.2, 0.25) is 0 Å². The highest BCUT2D eigenvalue weighted by molar-refractivity contribution is 9.10. The lowest BCUT2D eigenvalue weighted by atomic mass is 10.0. The van der Waals surface area contributed by atoms with Gasteiger partial charge in [0, 0.05) is 23.2 Å². The molecule has 0 fully saturated rings. The number of carbonyl (C=O) groups excluding carboxylic acids is 1. The van der Waals surface area contributed by atoms with E-state index in [4.69, 9.17) is 9.84 Å². The smallest absolute Gasteiger partial charge is 0.341 e. The largest absolute Gasteiger partial charge is 0.480 e. The zero-order valence-electron chi connectivity index (χ0n) is 19.9. The van der Waals surface area contributed by atoms with Gasteiger partial charge in [-0.25, -0.2) is 9.18 Å². The van der Waals surface area contributed by atoms with E-state index in [1.165, 1.54) is 63.5 Å². The van der Waals surface area contributed by atoms with Crippen LogP contribution in [0, 0.1) is 5.82 Å². The topological polar surface area (TPSA) is 75.6 Å². The fraction of sp³-hybridized carbons (Fsp3) is 0.481. The van der Waals surface area contributed by atoms with Crippen molar-refractivity contribution < 1.29 is 23.8 Å². The molecule has 0 atom stereocenters. The Balaban J connectivity index is 1.93. The molecule has 0 saturated carbocycles. The van der Waals surface area contributed by atoms with E-state index in [0.717, 1.165) is 12.8 Å². The van der Waals surface area contributed by atoms with Crippen LogP contribution in [0.2, 0.25) is 0 Å². The van der Waals surface area contributed by atoms with Crippen LogP contribution >= 0.6 is 15.9 Å². The predicted octanol–water partition coefficient (Wildman–Crippen LogP) is 7.37. The minimum absolute atomic E-state index is 0.179. The van der Waals surface area contributed by atoms with Gasteiger partial charge in [0.05, 0.1) is 4.47 Å². The number of rotatable bonds is 16. The van der Waals surface area contributed by atoms with Crippen molar-refractivity contribution in [1.29, 1.82) is 0 Å². The van der Waals surface area contributed by atoms with Gasteiger partial charge in [0.15, 0.2) is 6.61 Å². The van der Waals surface area contributed by atoms with Crippen LogP contribution in [0.4, 0.5) is 4.39 Å². The van der Waals surface area contributed by atoms with E-state index in [1.54, 1.807) is 24.3 Å². The third-order valence-electron chi connectivity index (χ3n) is 5.63. The zero-order valence-corrected chi connectivity index (χ0v) is 21.5. The summed E-state index contributed by atoms with van der Waals surface area (Å²) in [6.45, 7) is 2.22. The van der Waals surface area contributed by atoms with Gasteiger partial charge in [-0.1, -0.05) is 82.9 Å². The molecule has 186 valence electrons. The van der Waals surface area contributed by atoms with Crippen molar-refractivity contribution in [1.82, 2.24) is 5.32 Å². The molecule has 0 aliphatic heterocycles. The van der Waals surface area contributed by atoms with Crippen molar-refractivity contribution in [2.24, 2.45) is 0 Å². The first-order valence-electron chi connectivity index (χ1n) is 12.1. The number of hydrogen-bond acceptors (Lipinski definition) is 3. The third kappa shape index (κ3) is 9.45. The first kappa shape index (κ1) is 27.8. The average molecular weight is 536 g/mol. The summed E-state index contributed by atoms with van der Waals surface area (Å²) in [6.07, 6.45) is 12.2. The monoisotopic (exact) mass is 535 g/mol. The molecule has 2 aromatic carbocycles. The number of ether oxygens (including phenoxy) is 1. The molecule has 0 radical (unpaired) electrons. The molecular formula is C27H35BrFNO4. The van der Waals surface area contributed by atoms with Crippen LogP contribution in [0.1, 0.15) is 81.5 Å². The number of nitrogens with one attached hydrogen (secondary N) is 1. The summed E-state index contributed by atoms with van der Waals surface area (Å²) < 4.78 is 20.3. The van der Waals surface area contributed by atoms with E-state index >= 15 is 0 Å². The highest BCUT2D eigenvalue weighted by Gasteiger charge is 2.19. The molecule has 2 rings (SSSR count). The molecule has 0 heterocycles. The molecule has 0 aliphatic carbocycles. The molecule has 0 unspecified atom stereocenters. The van der Waals surface area contributed by atoms with Gasteiger partial charge in [0.1, 0.15) is 11.6 Å². The summed E-state index contributed by atoms with van der Waals surface area (Å²) in [5.41, 5.74) is 0.894. The van der Waals surface area contributed by atoms with E-state index < -0.39 is 18.4 Å². The normalized spacial score (nSPS) is 10.8. The Morgan fingerprint density at radius 1 is 0.941 bits per heavy atom. The summed E-state index contributed by atoms with van der Waals surface area (Å²) in [7, 11) is 0. The van der Waals surface area contributed by atoms with E-state index in [9.17, 15) is 14.0 Å². The standard InChI is InChI=1S/C27H35BrFNO4/c1-2-3-4-5-6-7-8-9-10-13-16-30-27(33)20-17-22(21-14-11-12-15-24(21)29)26(23(28)18-20)34-19-25(31)32/h11-12,14-15,17-18H,2-10,13,16,19H2,1H3,(H,30,33)(H,31,32). The van der Waals surface area contributed by atoms with Crippen LogP contribution in [0.3, 0.4) is 0 Å². The summed E-state index contributed by atoms with van der Waals surface area (Å²) in [4.78, 5) is 23.7. The molecule has 0 saturated heterocycles. The Morgan fingerprint density at radius 2 is 1.56 bits per heavy atom. The Labute approximate surface area is 210 Å². The van der Waals surface area contributed by atoms with Crippen LogP contribution < -0.4 is 10.1 Å². The fourth-order valence-electron chi connectivity index (χ4n) is 3.80. The number of carboxylic acids is 1. The Hall–Kier alpha value is -2.41. The second kappa shape index (κ2) is 15.5. The summed E-state index contributed by atoms with van der Waals surface area (Å²) in [5.74, 6) is -1.72. The van der Waals surface area contributed by atoms with Gasteiger partial charge in [-0.15, -0.1) is 0 Å². The van der Waals surface area contributed by atoms with Gasteiger partial charge in [-0.05, 0) is 40.5 Å². The third-order valence-corrected chi connectivity index (χ3v) is 6.21. The SMILES string of the molecule is CCCCCCCCCCCCNC(=O)c1cc(Br)c(OCC(=O)O)c(-c2ccccc2F)c1. The van der Waals surface area contributed by atoms with E-state index in [2.05, 4.69) is 28.2 Å². The number of unbranched alkanes of at least 4 members (excludes halogenated alkanes) is 9. The number of benzene rings is 2. The molecule has 0 aliphatic rings. The molecule has 2 N–H and O–H groups in total. The summed E-state index contributed by atoms with van der Waals surface area (Å²) >= 11 is 3.35. The van der Waals surface area contributed by atoms with Crippen molar-refractivity contribution in [3.63, 3.8) is 0 Å². The van der Waals surface area contributed by atoms with Crippen molar-refractivity contribution in [3.8, 4) is 16.9 Å². The van der Waals surface area contributed by atoms with Crippen molar-refractivity contribution in [3.05, 3.63) is 52.3 Å². The minimum Gasteiger partial charge on any atom is -0.480 e. The fourth-order valence-corrected chi connectivity index (χ4v) is 4.38. The molecule has 0 aromatic heterocycles. The lowest BCUT2D eigenvalue weighted by molar-refractivity contribution is -0.139. The molecule has 1 amide bonds. The lowest BCUT2D eigenvalue weighted by Gasteiger charge is -2.15. The van der Waals surface area contributed by atoms with Gasteiger partial charge in [-0.3, -0.25) is 4.79 Å². The van der Waals surface area contributed by atoms with Crippen LogP contribution in [0.15, 0.2) is 40.9 Å². The Bertz CT molecular complexity index is 935. The molecule has 2 aromatic rings. The highest BCUT2D eigenvalue weighted by atomic mass is 79.9. The molecular weight excluding hydrogens is 501 g/mol. The number of carboxylic acid groups (broad SMARTS) is 1. The molecule has 0 bridgehead atoms. The first-order chi connectivity index (χ1) is 16.4. The summed E-state index contributed by atoms with van der Waals surface area (Å²) in [5, 5.41) is 11.9. The van der Waals surface area contributed by atoms with Crippen molar-refractivity contribution >= 4 is 27.8 Å². The van der Waals surface area contributed by atoms with Crippen molar-refractivity contribution in [2.45, 2.75) is 71.1 Å². The maximum Gasteiger partial charge on any atom is 0.341 e. The summed E-state index contributed by atoms with van der Waals surface area (Å²) in [6, 6.07) is 9.21. The zero-order chi connectivity index (χ0) is 24.8. The molecule has 0 spiro atoms. The second-order valence-electron chi connectivity index (χ2n) is 8.43. The Kier molecular flexibility index (Phi) is 12.7.